The smallest absolute Gasteiger partial charge is 0.410 e. The molecule has 3 amide bonds. The van der Waals surface area contributed by atoms with Crippen molar-refractivity contribution in [2.75, 3.05) is 26.2 Å². The molecule has 1 aromatic carbocycles. The number of carbonyl (C=O) groups excluding carboxylic acids is 2. The van der Waals surface area contributed by atoms with E-state index in [9.17, 15) is 19.7 Å². The van der Waals surface area contributed by atoms with Crippen LogP contribution in [-0.2, 0) is 11.3 Å². The number of thiol groups is 1. The lowest BCUT2D eigenvalue weighted by molar-refractivity contribution is -0.384. The molecule has 1 N–H and O–H groups in total. The first kappa shape index (κ1) is 18.3. The summed E-state index contributed by atoms with van der Waals surface area (Å²) in [6, 6.07) is 5.61. The van der Waals surface area contributed by atoms with E-state index in [1.165, 1.54) is 12.1 Å². The van der Waals surface area contributed by atoms with Crippen molar-refractivity contribution in [3.8, 4) is 0 Å². The third kappa shape index (κ3) is 4.18. The summed E-state index contributed by atoms with van der Waals surface area (Å²) in [5, 5.41) is 13.4. The fraction of sp³-hybridized carbons (Fsp3) is 0.500. The van der Waals surface area contributed by atoms with Crippen LogP contribution in [0, 0.1) is 10.1 Å². The molecule has 1 aromatic rings. The maximum atomic E-state index is 12.4. The molecular formula is C16H20N4O5S. The number of nitrogens with zero attached hydrogens (tertiary/aromatic N) is 3. The molecule has 26 heavy (non-hydrogen) atoms. The molecule has 140 valence electrons. The second-order valence-corrected chi connectivity index (χ2v) is 7.08. The number of nitro benzene ring substituents is 1. The maximum absolute atomic E-state index is 12.4. The van der Waals surface area contributed by atoms with Gasteiger partial charge in [0.15, 0.2) is 0 Å². The number of ether oxygens (including phenoxy) is 1. The van der Waals surface area contributed by atoms with E-state index in [0.717, 1.165) is 0 Å². The Morgan fingerprint density at radius 1 is 1.38 bits per heavy atom. The number of carbonyl (C=O) groups is 2. The van der Waals surface area contributed by atoms with E-state index in [1.54, 1.807) is 21.9 Å². The van der Waals surface area contributed by atoms with Gasteiger partial charge >= 0.3 is 12.1 Å². The molecule has 0 saturated carbocycles. The summed E-state index contributed by atoms with van der Waals surface area (Å²) >= 11 is 4.46. The number of nitro groups is 1. The van der Waals surface area contributed by atoms with E-state index >= 15 is 0 Å². The molecule has 2 atom stereocenters. The standard InChI is InChI=1S/C16H20N4O5S/c21-15-17-5-6-18(15)8-13-7-14(26)9-19(13)16(22)25-10-11-1-3-12(4-2-11)20(23)24/h1-4,13-14,26H,5-10H2,(H,17,21)/t13-,14-/m0/s1. The normalized spacial score (nSPS) is 22.4. The summed E-state index contributed by atoms with van der Waals surface area (Å²) in [5.74, 6) is 0. The highest BCUT2D eigenvalue weighted by Gasteiger charge is 2.37. The minimum Gasteiger partial charge on any atom is -0.445 e. The molecule has 0 aliphatic carbocycles. The van der Waals surface area contributed by atoms with Crippen LogP contribution in [0.15, 0.2) is 24.3 Å². The number of amides is 3. The number of benzene rings is 1. The van der Waals surface area contributed by atoms with Gasteiger partial charge in [-0.1, -0.05) is 0 Å². The average molecular weight is 380 g/mol. The van der Waals surface area contributed by atoms with E-state index in [2.05, 4.69) is 17.9 Å². The summed E-state index contributed by atoms with van der Waals surface area (Å²) in [6.07, 6.45) is 0.226. The minimum atomic E-state index is -0.480. The average Bonchev–Trinajstić information content (AvgIpc) is 3.19. The van der Waals surface area contributed by atoms with Crippen LogP contribution in [0.4, 0.5) is 15.3 Å². The van der Waals surface area contributed by atoms with Crippen LogP contribution in [0.2, 0.25) is 0 Å². The van der Waals surface area contributed by atoms with Crippen LogP contribution in [0.1, 0.15) is 12.0 Å². The van der Waals surface area contributed by atoms with Crippen LogP contribution in [-0.4, -0.2) is 64.3 Å². The Balaban J connectivity index is 1.56. The zero-order valence-corrected chi connectivity index (χ0v) is 14.9. The fourth-order valence-electron chi connectivity index (χ4n) is 3.17. The van der Waals surface area contributed by atoms with Crippen LogP contribution in [0.5, 0.6) is 0 Å². The Bertz CT molecular complexity index is 698. The molecule has 0 radical (unpaired) electrons. The Morgan fingerprint density at radius 2 is 2.12 bits per heavy atom. The van der Waals surface area contributed by atoms with Crippen LogP contribution in [0.3, 0.4) is 0 Å². The summed E-state index contributed by atoms with van der Waals surface area (Å²) in [6.45, 7) is 2.18. The highest BCUT2D eigenvalue weighted by molar-refractivity contribution is 7.81. The van der Waals surface area contributed by atoms with E-state index in [0.29, 0.717) is 38.2 Å². The fourth-order valence-corrected chi connectivity index (χ4v) is 3.59. The molecule has 2 fully saturated rings. The van der Waals surface area contributed by atoms with Crippen LogP contribution in [0.25, 0.3) is 0 Å². The Hall–Kier alpha value is -2.49. The molecular weight excluding hydrogens is 360 g/mol. The van der Waals surface area contributed by atoms with E-state index in [4.69, 9.17) is 4.74 Å². The van der Waals surface area contributed by atoms with Gasteiger partial charge in [-0.3, -0.25) is 10.1 Å². The predicted octanol–water partition coefficient (Wildman–Crippen LogP) is 1.63. The van der Waals surface area contributed by atoms with Crippen LogP contribution >= 0.6 is 12.6 Å². The van der Waals surface area contributed by atoms with Gasteiger partial charge in [0.1, 0.15) is 6.61 Å². The van der Waals surface area contributed by atoms with E-state index in [1.807, 2.05) is 0 Å². The van der Waals surface area contributed by atoms with Crippen molar-refractivity contribution in [1.82, 2.24) is 15.1 Å². The molecule has 2 saturated heterocycles. The third-order valence-electron chi connectivity index (χ3n) is 4.51. The first-order valence-electron chi connectivity index (χ1n) is 8.31. The van der Waals surface area contributed by atoms with Crippen molar-refractivity contribution in [1.29, 1.82) is 0 Å². The highest BCUT2D eigenvalue weighted by atomic mass is 32.1. The summed E-state index contributed by atoms with van der Waals surface area (Å²) in [5.41, 5.74) is 0.655. The highest BCUT2D eigenvalue weighted by Crippen LogP contribution is 2.24. The first-order chi connectivity index (χ1) is 12.4. The van der Waals surface area contributed by atoms with Gasteiger partial charge < -0.3 is 19.9 Å². The van der Waals surface area contributed by atoms with Gasteiger partial charge in [-0.05, 0) is 24.1 Å². The summed E-state index contributed by atoms with van der Waals surface area (Å²) in [7, 11) is 0. The van der Waals surface area contributed by atoms with E-state index < -0.39 is 11.0 Å². The zero-order chi connectivity index (χ0) is 18.7. The van der Waals surface area contributed by atoms with E-state index in [-0.39, 0.29) is 29.6 Å². The molecule has 2 aliphatic heterocycles. The van der Waals surface area contributed by atoms with Crippen molar-refractivity contribution in [2.24, 2.45) is 0 Å². The molecule has 0 unspecified atom stereocenters. The van der Waals surface area contributed by atoms with Crippen molar-refractivity contribution >= 4 is 30.4 Å². The first-order valence-corrected chi connectivity index (χ1v) is 8.83. The molecule has 9 nitrogen and oxygen atoms in total. The van der Waals surface area contributed by atoms with Gasteiger partial charge in [-0.2, -0.15) is 12.6 Å². The van der Waals surface area contributed by atoms with Gasteiger partial charge in [0.2, 0.25) is 0 Å². The van der Waals surface area contributed by atoms with Crippen molar-refractivity contribution in [2.45, 2.75) is 24.3 Å². The number of nitrogens with one attached hydrogen (secondary N) is 1. The topological polar surface area (TPSA) is 105 Å². The van der Waals surface area contributed by atoms with Crippen molar-refractivity contribution < 1.29 is 19.2 Å². The lowest BCUT2D eigenvalue weighted by Crippen LogP contribution is -2.44. The molecule has 2 heterocycles. The SMILES string of the molecule is O=C1NCCN1C[C@@H]1C[C@H](S)CN1C(=O)OCc1ccc([N+](=O)[O-])cc1. The molecule has 3 rings (SSSR count). The van der Waals surface area contributed by atoms with Crippen molar-refractivity contribution in [3.05, 3.63) is 39.9 Å². The largest absolute Gasteiger partial charge is 0.445 e. The predicted molar refractivity (Wildman–Crippen MR) is 96.1 cm³/mol. The number of likely N-dealkylation sites (tertiary alicyclic amines) is 1. The number of hydrogen-bond acceptors (Lipinski definition) is 6. The lowest BCUT2D eigenvalue weighted by atomic mass is 10.2. The Kier molecular flexibility index (Phi) is 5.50. The molecule has 10 heteroatoms. The van der Waals surface area contributed by atoms with Crippen molar-refractivity contribution in [3.63, 3.8) is 0 Å². The van der Waals surface area contributed by atoms with Gasteiger partial charge in [-0.25, -0.2) is 9.59 Å². The maximum Gasteiger partial charge on any atom is 0.410 e. The minimum absolute atomic E-state index is 0.0125. The van der Waals surface area contributed by atoms with Crippen LogP contribution < -0.4 is 5.32 Å². The van der Waals surface area contributed by atoms with Gasteiger partial charge in [0, 0.05) is 43.6 Å². The Morgan fingerprint density at radius 3 is 2.73 bits per heavy atom. The molecule has 0 bridgehead atoms. The third-order valence-corrected chi connectivity index (χ3v) is 4.89. The molecule has 0 aromatic heterocycles. The van der Waals surface area contributed by atoms with Gasteiger partial charge in [0.05, 0.1) is 11.0 Å². The number of urea groups is 1. The summed E-state index contributed by atoms with van der Waals surface area (Å²) in [4.78, 5) is 37.6. The van der Waals surface area contributed by atoms with Gasteiger partial charge in [0.25, 0.3) is 5.69 Å². The monoisotopic (exact) mass is 380 g/mol. The number of non-ortho nitro benzene ring substituents is 1. The summed E-state index contributed by atoms with van der Waals surface area (Å²) < 4.78 is 5.35. The van der Waals surface area contributed by atoms with Gasteiger partial charge in [-0.15, -0.1) is 0 Å². The second kappa shape index (κ2) is 7.81. The second-order valence-electron chi connectivity index (χ2n) is 6.35. The lowest BCUT2D eigenvalue weighted by Gasteiger charge is -2.27. The molecule has 0 spiro atoms. The Labute approximate surface area is 155 Å². The quantitative estimate of drug-likeness (QED) is 0.459. The number of rotatable bonds is 5. The zero-order valence-electron chi connectivity index (χ0n) is 14.0. The molecule has 2 aliphatic rings. The number of hydrogen-bond donors (Lipinski definition) is 2.